The van der Waals surface area contributed by atoms with E-state index in [-0.39, 0.29) is 24.2 Å². The molecule has 2 N–H and O–H groups in total. The molecule has 1 saturated heterocycles. The summed E-state index contributed by atoms with van der Waals surface area (Å²) in [6.07, 6.45) is 4.79. The summed E-state index contributed by atoms with van der Waals surface area (Å²) >= 11 is 6.41. The third-order valence-electron chi connectivity index (χ3n) is 6.87. The molecule has 2 heterocycles. The molecule has 1 aliphatic carbocycles. The normalized spacial score (nSPS) is 26.4. The number of ether oxygens (including phenoxy) is 2. The van der Waals surface area contributed by atoms with Gasteiger partial charge in [-0.15, -0.1) is 0 Å². The van der Waals surface area contributed by atoms with Crippen molar-refractivity contribution in [2.24, 2.45) is 4.99 Å². The van der Waals surface area contributed by atoms with Gasteiger partial charge in [-0.05, 0) is 81.0 Å². The number of carbonyl (C=O) groups is 1. The lowest BCUT2D eigenvalue weighted by molar-refractivity contribution is -0.156. The Morgan fingerprint density at radius 3 is 2.76 bits per heavy atom. The maximum Gasteiger partial charge on any atom is 0.258 e. The van der Waals surface area contributed by atoms with Gasteiger partial charge in [0.1, 0.15) is 0 Å². The minimum atomic E-state index is -0.0226. The van der Waals surface area contributed by atoms with E-state index in [2.05, 4.69) is 0 Å². The van der Waals surface area contributed by atoms with E-state index in [0.717, 1.165) is 54.6 Å². The second kappa shape index (κ2) is 9.45. The molecule has 0 bridgehead atoms. The Labute approximate surface area is 199 Å². The van der Waals surface area contributed by atoms with Gasteiger partial charge in [-0.25, -0.2) is 0 Å². The number of halogens is 1. The first-order chi connectivity index (χ1) is 16.0. The van der Waals surface area contributed by atoms with Crippen LogP contribution in [0.5, 0.6) is 0 Å². The number of hydrogen-bond acceptors (Lipinski definition) is 5. The standard InChI is InChI=1S/C26H30ClN3O3/c1-16-13-18(28)5-7-20(16)26(31)30-10-2-3-22(21-14-17(27)4-8-23(21)30)29-19-6-9-24-25(15-19)33-12-11-32-24/h4-5,7-8,13-14,19,24-25H,2-3,6,9-12,15,28H2,1H3. The molecule has 3 unspecified atom stereocenters. The summed E-state index contributed by atoms with van der Waals surface area (Å²) in [5, 5.41) is 0.645. The van der Waals surface area contributed by atoms with E-state index >= 15 is 0 Å². The summed E-state index contributed by atoms with van der Waals surface area (Å²) in [6.45, 7) is 3.89. The molecule has 1 saturated carbocycles. The fourth-order valence-electron chi connectivity index (χ4n) is 5.23. The van der Waals surface area contributed by atoms with Gasteiger partial charge < -0.3 is 20.1 Å². The Hall–Kier alpha value is -2.41. The molecule has 0 aromatic heterocycles. The molecule has 3 aliphatic rings. The molecule has 3 atom stereocenters. The molecule has 2 fully saturated rings. The van der Waals surface area contributed by atoms with E-state index in [0.29, 0.717) is 36.0 Å². The minimum absolute atomic E-state index is 0.0226. The van der Waals surface area contributed by atoms with Crippen LogP contribution in [-0.4, -0.2) is 49.6 Å². The number of hydrogen-bond donors (Lipinski definition) is 1. The number of nitrogens with zero attached hydrogens (tertiary/aromatic N) is 2. The minimum Gasteiger partial charge on any atom is -0.399 e. The number of aliphatic imine (C=N–C) groups is 1. The molecule has 1 amide bonds. The lowest BCUT2D eigenvalue weighted by Gasteiger charge is -2.38. The van der Waals surface area contributed by atoms with Crippen molar-refractivity contribution in [1.82, 2.24) is 0 Å². The molecule has 33 heavy (non-hydrogen) atoms. The highest BCUT2D eigenvalue weighted by Crippen LogP contribution is 2.34. The van der Waals surface area contributed by atoms with Crippen molar-refractivity contribution in [3.05, 3.63) is 58.1 Å². The quantitative estimate of drug-likeness (QED) is 0.644. The number of rotatable bonds is 2. The van der Waals surface area contributed by atoms with E-state index in [1.807, 2.05) is 42.2 Å². The average molecular weight is 468 g/mol. The van der Waals surface area contributed by atoms with Crippen molar-refractivity contribution in [2.45, 2.75) is 57.3 Å². The Morgan fingerprint density at radius 2 is 1.94 bits per heavy atom. The monoisotopic (exact) mass is 467 g/mol. The molecular weight excluding hydrogens is 438 g/mol. The van der Waals surface area contributed by atoms with Crippen LogP contribution >= 0.6 is 11.6 Å². The molecule has 2 aromatic carbocycles. The smallest absolute Gasteiger partial charge is 0.258 e. The van der Waals surface area contributed by atoms with Crippen LogP contribution < -0.4 is 10.6 Å². The number of anilines is 2. The van der Waals surface area contributed by atoms with Gasteiger partial charge in [0.2, 0.25) is 0 Å². The zero-order valence-electron chi connectivity index (χ0n) is 18.9. The van der Waals surface area contributed by atoms with Crippen LogP contribution in [-0.2, 0) is 9.47 Å². The molecule has 5 rings (SSSR count). The van der Waals surface area contributed by atoms with E-state index < -0.39 is 0 Å². The predicted molar refractivity (Wildman–Crippen MR) is 132 cm³/mol. The van der Waals surface area contributed by atoms with E-state index in [4.69, 9.17) is 31.8 Å². The number of nitrogen functional groups attached to an aromatic ring is 1. The van der Waals surface area contributed by atoms with Crippen LogP contribution in [0.15, 0.2) is 41.4 Å². The number of amides is 1. The first kappa shape index (κ1) is 22.4. The summed E-state index contributed by atoms with van der Waals surface area (Å²) in [5.74, 6) is -0.0226. The number of aryl methyl sites for hydroxylation is 1. The van der Waals surface area contributed by atoms with Crippen LogP contribution in [0.2, 0.25) is 5.02 Å². The van der Waals surface area contributed by atoms with Crippen LogP contribution in [0.1, 0.15) is 53.6 Å². The van der Waals surface area contributed by atoms with Crippen molar-refractivity contribution >= 4 is 34.6 Å². The summed E-state index contributed by atoms with van der Waals surface area (Å²) in [4.78, 5) is 20.6. The number of nitrogens with two attached hydrogens (primary N) is 1. The molecule has 0 radical (unpaired) electrons. The Balaban J connectivity index is 1.46. The van der Waals surface area contributed by atoms with Gasteiger partial charge in [-0.3, -0.25) is 9.79 Å². The zero-order chi connectivity index (χ0) is 22.9. The summed E-state index contributed by atoms with van der Waals surface area (Å²) in [6, 6.07) is 11.4. The fourth-order valence-corrected chi connectivity index (χ4v) is 5.41. The van der Waals surface area contributed by atoms with E-state index in [1.165, 1.54) is 0 Å². The number of carbonyl (C=O) groups excluding carboxylic acids is 1. The summed E-state index contributed by atoms with van der Waals surface area (Å²) < 4.78 is 11.8. The van der Waals surface area contributed by atoms with Gasteiger partial charge in [-0.2, -0.15) is 0 Å². The van der Waals surface area contributed by atoms with Crippen molar-refractivity contribution < 1.29 is 14.3 Å². The summed E-state index contributed by atoms with van der Waals surface area (Å²) in [5.41, 5.74) is 10.9. The Bertz CT molecular complexity index is 1090. The van der Waals surface area contributed by atoms with Gasteiger partial charge >= 0.3 is 0 Å². The molecule has 0 spiro atoms. The predicted octanol–water partition coefficient (Wildman–Crippen LogP) is 4.80. The van der Waals surface area contributed by atoms with Crippen LogP contribution in [0.3, 0.4) is 0 Å². The van der Waals surface area contributed by atoms with Crippen LogP contribution in [0, 0.1) is 6.92 Å². The second-order valence-electron chi connectivity index (χ2n) is 9.16. The van der Waals surface area contributed by atoms with E-state index in [1.54, 1.807) is 6.07 Å². The molecule has 7 heteroatoms. The Morgan fingerprint density at radius 1 is 1.12 bits per heavy atom. The highest BCUT2D eigenvalue weighted by Gasteiger charge is 2.35. The number of fused-ring (bicyclic) bond motifs is 2. The lowest BCUT2D eigenvalue weighted by Crippen LogP contribution is -2.44. The molecule has 174 valence electrons. The first-order valence-electron chi connectivity index (χ1n) is 11.8. The van der Waals surface area contributed by atoms with Crippen LogP contribution in [0.25, 0.3) is 0 Å². The fraction of sp³-hybridized carbons (Fsp3) is 0.462. The van der Waals surface area contributed by atoms with E-state index in [9.17, 15) is 4.79 Å². The largest absolute Gasteiger partial charge is 0.399 e. The number of benzene rings is 2. The van der Waals surface area contributed by atoms with Crippen LogP contribution in [0.4, 0.5) is 11.4 Å². The molecule has 2 aromatic rings. The maximum absolute atomic E-state index is 13.6. The lowest BCUT2D eigenvalue weighted by atomic mass is 9.89. The highest BCUT2D eigenvalue weighted by atomic mass is 35.5. The topological polar surface area (TPSA) is 77.2 Å². The van der Waals surface area contributed by atoms with Gasteiger partial charge in [-0.1, -0.05) is 11.6 Å². The van der Waals surface area contributed by atoms with Crippen molar-refractivity contribution in [2.75, 3.05) is 30.4 Å². The molecular formula is C26H30ClN3O3. The Kier molecular flexibility index (Phi) is 6.41. The zero-order valence-corrected chi connectivity index (χ0v) is 19.7. The maximum atomic E-state index is 13.6. The van der Waals surface area contributed by atoms with Gasteiger partial charge in [0, 0.05) is 34.1 Å². The molecule has 2 aliphatic heterocycles. The van der Waals surface area contributed by atoms with Crippen molar-refractivity contribution in [3.8, 4) is 0 Å². The SMILES string of the molecule is Cc1cc(N)ccc1C(=O)N1CCCC(=NC2CCC3OCCOC3C2)c2cc(Cl)ccc21. The van der Waals surface area contributed by atoms with Gasteiger partial charge in [0.05, 0.1) is 37.2 Å². The first-order valence-corrected chi connectivity index (χ1v) is 12.1. The second-order valence-corrected chi connectivity index (χ2v) is 9.59. The third kappa shape index (κ3) is 4.65. The van der Waals surface area contributed by atoms with Gasteiger partial charge in [0.15, 0.2) is 0 Å². The van der Waals surface area contributed by atoms with Gasteiger partial charge in [0.25, 0.3) is 5.91 Å². The van der Waals surface area contributed by atoms with Crippen molar-refractivity contribution in [3.63, 3.8) is 0 Å². The summed E-state index contributed by atoms with van der Waals surface area (Å²) in [7, 11) is 0. The highest BCUT2D eigenvalue weighted by molar-refractivity contribution is 6.31. The third-order valence-corrected chi connectivity index (χ3v) is 7.11. The average Bonchev–Trinajstić information content (AvgIpc) is 2.98. The van der Waals surface area contributed by atoms with Crippen molar-refractivity contribution in [1.29, 1.82) is 0 Å². The molecule has 6 nitrogen and oxygen atoms in total.